The van der Waals surface area contributed by atoms with Gasteiger partial charge < -0.3 is 9.05 Å². The smallest absolute Gasteiger partial charge is 0.404 e. The first kappa shape index (κ1) is 12.6. The highest BCUT2D eigenvalue weighted by Crippen LogP contribution is 2.50. The lowest BCUT2D eigenvalue weighted by atomic mass is 10.2. The van der Waals surface area contributed by atoms with Gasteiger partial charge in [-0.15, -0.1) is 0 Å². The normalized spacial score (nSPS) is 10.5. The van der Waals surface area contributed by atoms with E-state index in [0.717, 1.165) is 18.1 Å². The first-order chi connectivity index (χ1) is 7.70. The van der Waals surface area contributed by atoms with Crippen LogP contribution >= 0.6 is 7.82 Å². The quantitative estimate of drug-likeness (QED) is 0.539. The SMILES string of the molecule is C=COP(=O)(OC=C)OCc1ccccc1. The van der Waals surface area contributed by atoms with E-state index in [-0.39, 0.29) is 6.61 Å². The number of rotatable bonds is 7. The van der Waals surface area contributed by atoms with E-state index in [1.165, 1.54) is 0 Å². The summed E-state index contributed by atoms with van der Waals surface area (Å²) in [5.74, 6) is 0. The number of phosphoric acid groups is 1. The van der Waals surface area contributed by atoms with Gasteiger partial charge in [-0.25, -0.2) is 4.57 Å². The Hall–Kier alpha value is -1.51. The highest BCUT2D eigenvalue weighted by molar-refractivity contribution is 7.48. The minimum atomic E-state index is -3.62. The van der Waals surface area contributed by atoms with Crippen molar-refractivity contribution in [2.45, 2.75) is 6.61 Å². The summed E-state index contributed by atoms with van der Waals surface area (Å²) in [5, 5.41) is 0. The molecule has 0 N–H and O–H groups in total. The lowest BCUT2D eigenvalue weighted by Gasteiger charge is -2.14. The zero-order chi connectivity index (χ0) is 11.9. The van der Waals surface area contributed by atoms with E-state index in [1.807, 2.05) is 30.3 Å². The fourth-order valence-corrected chi connectivity index (χ4v) is 1.84. The lowest BCUT2D eigenvalue weighted by molar-refractivity contribution is 0.172. The molecule has 0 unspecified atom stereocenters. The first-order valence-corrected chi connectivity index (χ1v) is 6.03. The molecule has 0 aliphatic rings. The van der Waals surface area contributed by atoms with Crippen LogP contribution in [0.25, 0.3) is 0 Å². The van der Waals surface area contributed by atoms with Crippen molar-refractivity contribution >= 4 is 7.82 Å². The Morgan fingerprint density at radius 1 is 1.12 bits per heavy atom. The molecule has 4 nitrogen and oxygen atoms in total. The molecular weight excluding hydrogens is 227 g/mol. The van der Waals surface area contributed by atoms with Crippen LogP contribution in [0.1, 0.15) is 5.56 Å². The number of benzene rings is 1. The van der Waals surface area contributed by atoms with Crippen LogP contribution in [0.4, 0.5) is 0 Å². The van der Waals surface area contributed by atoms with Crippen LogP contribution in [0.3, 0.4) is 0 Å². The number of hydrogen-bond acceptors (Lipinski definition) is 4. The van der Waals surface area contributed by atoms with Gasteiger partial charge in [0.1, 0.15) is 0 Å². The second-order valence-electron chi connectivity index (χ2n) is 2.75. The Labute approximate surface area is 94.8 Å². The van der Waals surface area contributed by atoms with E-state index in [1.54, 1.807) is 0 Å². The predicted molar refractivity (Wildman–Crippen MR) is 61.4 cm³/mol. The van der Waals surface area contributed by atoms with E-state index in [9.17, 15) is 4.57 Å². The Balaban J connectivity index is 2.60. The highest BCUT2D eigenvalue weighted by atomic mass is 31.2. The Morgan fingerprint density at radius 3 is 2.19 bits per heavy atom. The van der Waals surface area contributed by atoms with Gasteiger partial charge in [0.25, 0.3) is 0 Å². The van der Waals surface area contributed by atoms with Crippen molar-refractivity contribution in [2.24, 2.45) is 0 Å². The molecule has 86 valence electrons. The molecule has 0 aliphatic carbocycles. The fourth-order valence-electron chi connectivity index (χ4n) is 0.996. The molecule has 0 amide bonds. The van der Waals surface area contributed by atoms with Gasteiger partial charge in [-0.05, 0) is 5.56 Å². The summed E-state index contributed by atoms with van der Waals surface area (Å²) < 4.78 is 26.2. The molecule has 1 aromatic rings. The van der Waals surface area contributed by atoms with Gasteiger partial charge in [-0.1, -0.05) is 43.5 Å². The first-order valence-electron chi connectivity index (χ1n) is 4.57. The van der Waals surface area contributed by atoms with E-state index < -0.39 is 7.82 Å². The van der Waals surface area contributed by atoms with E-state index in [4.69, 9.17) is 13.6 Å². The van der Waals surface area contributed by atoms with Crippen molar-refractivity contribution in [1.82, 2.24) is 0 Å². The van der Waals surface area contributed by atoms with Crippen LogP contribution in [0.15, 0.2) is 56.0 Å². The van der Waals surface area contributed by atoms with E-state index in [0.29, 0.717) is 0 Å². The third-order valence-corrected chi connectivity index (χ3v) is 2.90. The van der Waals surface area contributed by atoms with Crippen molar-refractivity contribution < 1.29 is 18.1 Å². The molecule has 0 saturated heterocycles. The van der Waals surface area contributed by atoms with Crippen LogP contribution < -0.4 is 0 Å². The summed E-state index contributed by atoms with van der Waals surface area (Å²) in [7, 11) is -3.62. The van der Waals surface area contributed by atoms with Crippen molar-refractivity contribution in [3.05, 3.63) is 61.6 Å². The largest absolute Gasteiger partial charge is 0.586 e. The summed E-state index contributed by atoms with van der Waals surface area (Å²) in [4.78, 5) is 0. The second-order valence-corrected chi connectivity index (χ2v) is 4.32. The fraction of sp³-hybridized carbons (Fsp3) is 0.0909. The molecule has 0 spiro atoms. The molecule has 16 heavy (non-hydrogen) atoms. The molecule has 0 aliphatic heterocycles. The summed E-state index contributed by atoms with van der Waals surface area (Å²) in [5.41, 5.74) is 0.864. The van der Waals surface area contributed by atoms with Crippen LogP contribution in [0.5, 0.6) is 0 Å². The number of phosphoric ester groups is 1. The zero-order valence-corrected chi connectivity index (χ0v) is 9.64. The monoisotopic (exact) mass is 240 g/mol. The van der Waals surface area contributed by atoms with Crippen LogP contribution in [-0.2, 0) is 24.7 Å². The molecule has 1 aromatic carbocycles. The molecular formula is C11H13O4P. The molecule has 0 fully saturated rings. The van der Waals surface area contributed by atoms with Gasteiger partial charge in [-0.3, -0.25) is 4.52 Å². The zero-order valence-electron chi connectivity index (χ0n) is 8.74. The minimum Gasteiger partial charge on any atom is -0.404 e. The average Bonchev–Trinajstić information content (AvgIpc) is 2.29. The minimum absolute atomic E-state index is 0.125. The third kappa shape index (κ3) is 3.93. The van der Waals surface area contributed by atoms with Gasteiger partial charge in [-0.2, -0.15) is 0 Å². The second kappa shape index (κ2) is 6.16. The Kier molecular flexibility index (Phi) is 4.83. The van der Waals surface area contributed by atoms with Gasteiger partial charge in [0.05, 0.1) is 19.1 Å². The highest BCUT2D eigenvalue weighted by Gasteiger charge is 2.26. The third-order valence-electron chi connectivity index (χ3n) is 1.64. The number of hydrogen-bond donors (Lipinski definition) is 0. The Morgan fingerprint density at radius 2 is 1.69 bits per heavy atom. The molecule has 0 atom stereocenters. The molecule has 5 heteroatoms. The van der Waals surface area contributed by atoms with Crippen molar-refractivity contribution in [3.8, 4) is 0 Å². The summed E-state index contributed by atoms with van der Waals surface area (Å²) in [6, 6.07) is 9.26. The van der Waals surface area contributed by atoms with Crippen LogP contribution in [-0.4, -0.2) is 0 Å². The molecule has 0 bridgehead atoms. The molecule has 0 saturated carbocycles. The van der Waals surface area contributed by atoms with E-state index >= 15 is 0 Å². The van der Waals surface area contributed by atoms with Crippen molar-refractivity contribution in [3.63, 3.8) is 0 Å². The van der Waals surface area contributed by atoms with Gasteiger partial charge in [0.15, 0.2) is 0 Å². The van der Waals surface area contributed by atoms with Crippen molar-refractivity contribution in [1.29, 1.82) is 0 Å². The van der Waals surface area contributed by atoms with Gasteiger partial charge in [0.2, 0.25) is 0 Å². The summed E-state index contributed by atoms with van der Waals surface area (Å²) >= 11 is 0. The maximum Gasteiger partial charge on any atom is 0.586 e. The maximum atomic E-state index is 11.8. The van der Waals surface area contributed by atoms with Crippen LogP contribution in [0.2, 0.25) is 0 Å². The van der Waals surface area contributed by atoms with Crippen LogP contribution in [0, 0.1) is 0 Å². The summed E-state index contributed by atoms with van der Waals surface area (Å²) in [6.07, 6.45) is 2.02. The summed E-state index contributed by atoms with van der Waals surface area (Å²) in [6.45, 7) is 6.71. The molecule has 0 radical (unpaired) electrons. The lowest BCUT2D eigenvalue weighted by Crippen LogP contribution is -1.94. The standard InChI is InChI=1S/C11H13O4P/c1-3-13-16(12,14-4-2)15-10-11-8-6-5-7-9-11/h3-9H,1-2,10H2. The van der Waals surface area contributed by atoms with Gasteiger partial charge in [0, 0.05) is 0 Å². The van der Waals surface area contributed by atoms with Gasteiger partial charge >= 0.3 is 7.82 Å². The Bertz CT molecular complexity index is 374. The molecule has 0 aromatic heterocycles. The maximum absolute atomic E-state index is 11.8. The molecule has 1 rings (SSSR count). The molecule has 0 heterocycles. The van der Waals surface area contributed by atoms with Crippen molar-refractivity contribution in [2.75, 3.05) is 0 Å². The average molecular weight is 240 g/mol. The predicted octanol–water partition coefficient (Wildman–Crippen LogP) is 3.63. The van der Waals surface area contributed by atoms with E-state index in [2.05, 4.69) is 13.2 Å². The topological polar surface area (TPSA) is 44.8 Å².